The van der Waals surface area contributed by atoms with Crippen LogP contribution in [-0.4, -0.2) is 61.5 Å². The van der Waals surface area contributed by atoms with Gasteiger partial charge in [-0.3, -0.25) is 9.59 Å². The Bertz CT molecular complexity index is 818. The van der Waals surface area contributed by atoms with Crippen LogP contribution in [0.15, 0.2) is 29.2 Å². The first-order valence-electron chi connectivity index (χ1n) is 7.58. The van der Waals surface area contributed by atoms with Gasteiger partial charge >= 0.3 is 5.97 Å². The third-order valence-corrected chi connectivity index (χ3v) is 5.80. The smallest absolute Gasteiger partial charge is 0.325 e. The Kier molecular flexibility index (Phi) is 6.61. The van der Waals surface area contributed by atoms with E-state index in [0.717, 1.165) is 4.31 Å². The SMILES string of the molecule is C#CCNC(=O)COC(=O)[C@@H]1C[C@@H](O)CN1S(=O)(=O)c1ccc(Cl)cc1. The largest absolute Gasteiger partial charge is 0.454 e. The molecule has 1 saturated heterocycles. The molecular formula is C16H17ClN2O6S. The van der Waals surface area contributed by atoms with Crippen molar-refractivity contribution in [3.63, 3.8) is 0 Å². The monoisotopic (exact) mass is 400 g/mol. The van der Waals surface area contributed by atoms with E-state index in [9.17, 15) is 23.1 Å². The van der Waals surface area contributed by atoms with Gasteiger partial charge in [-0.1, -0.05) is 17.5 Å². The quantitative estimate of drug-likeness (QED) is 0.503. The molecular weight excluding hydrogens is 384 g/mol. The van der Waals surface area contributed by atoms with E-state index in [-0.39, 0.29) is 24.4 Å². The normalized spacial score (nSPS) is 20.3. The number of esters is 1. The summed E-state index contributed by atoms with van der Waals surface area (Å²) in [5, 5.41) is 12.5. The van der Waals surface area contributed by atoms with Crippen molar-refractivity contribution in [1.82, 2.24) is 9.62 Å². The van der Waals surface area contributed by atoms with Gasteiger partial charge in [-0.25, -0.2) is 8.42 Å². The molecule has 0 radical (unpaired) electrons. The third kappa shape index (κ3) is 4.74. The van der Waals surface area contributed by atoms with E-state index >= 15 is 0 Å². The number of benzene rings is 1. The van der Waals surface area contributed by atoms with Crippen molar-refractivity contribution in [3.8, 4) is 12.3 Å². The van der Waals surface area contributed by atoms with Crippen LogP contribution in [0, 0.1) is 12.3 Å². The summed E-state index contributed by atoms with van der Waals surface area (Å²) < 4.78 is 31.2. The first-order valence-corrected chi connectivity index (χ1v) is 9.39. The van der Waals surface area contributed by atoms with Gasteiger partial charge in [0.05, 0.1) is 17.5 Å². The van der Waals surface area contributed by atoms with Gasteiger partial charge in [0.15, 0.2) is 6.61 Å². The zero-order chi connectivity index (χ0) is 19.3. The molecule has 1 fully saturated rings. The van der Waals surface area contributed by atoms with E-state index in [2.05, 4.69) is 11.2 Å². The fraction of sp³-hybridized carbons (Fsp3) is 0.375. The van der Waals surface area contributed by atoms with Crippen LogP contribution in [0.3, 0.4) is 0 Å². The molecule has 1 aromatic carbocycles. The molecule has 1 aliphatic heterocycles. The summed E-state index contributed by atoms with van der Waals surface area (Å²) >= 11 is 5.76. The highest BCUT2D eigenvalue weighted by Gasteiger charge is 2.44. The number of hydrogen-bond donors (Lipinski definition) is 2. The van der Waals surface area contributed by atoms with Crippen molar-refractivity contribution < 1.29 is 27.9 Å². The van der Waals surface area contributed by atoms with Gasteiger partial charge in [0.1, 0.15) is 6.04 Å². The van der Waals surface area contributed by atoms with Gasteiger partial charge in [-0.05, 0) is 24.3 Å². The summed E-state index contributed by atoms with van der Waals surface area (Å²) in [4.78, 5) is 23.6. The van der Waals surface area contributed by atoms with Crippen LogP contribution in [0.4, 0.5) is 0 Å². The Labute approximate surface area is 156 Å². The molecule has 0 unspecified atom stereocenters. The van der Waals surface area contributed by atoms with Crippen LogP contribution in [0.5, 0.6) is 0 Å². The number of aliphatic hydroxyl groups is 1. The lowest BCUT2D eigenvalue weighted by molar-refractivity contribution is -0.151. The molecule has 2 rings (SSSR count). The Balaban J connectivity index is 2.12. The number of nitrogens with zero attached hydrogens (tertiary/aromatic N) is 1. The molecule has 0 saturated carbocycles. The number of carbonyl (C=O) groups excluding carboxylic acids is 2. The molecule has 1 heterocycles. The van der Waals surface area contributed by atoms with E-state index in [0.29, 0.717) is 5.02 Å². The maximum Gasteiger partial charge on any atom is 0.325 e. The molecule has 26 heavy (non-hydrogen) atoms. The topological polar surface area (TPSA) is 113 Å². The molecule has 0 aliphatic carbocycles. The number of terminal acetylenes is 1. The number of hydrogen-bond acceptors (Lipinski definition) is 6. The molecule has 2 atom stereocenters. The highest BCUT2D eigenvalue weighted by atomic mass is 35.5. The zero-order valence-corrected chi connectivity index (χ0v) is 15.2. The summed E-state index contributed by atoms with van der Waals surface area (Å²) in [5.41, 5.74) is 0. The second kappa shape index (κ2) is 8.51. The van der Waals surface area contributed by atoms with Crippen molar-refractivity contribution in [2.45, 2.75) is 23.5 Å². The molecule has 10 heteroatoms. The maximum atomic E-state index is 12.7. The number of β-amino-alcohol motifs (C(OH)–C–C–N with tert-alkyl or cyclic N) is 1. The lowest BCUT2D eigenvalue weighted by Gasteiger charge is -2.22. The van der Waals surface area contributed by atoms with Gasteiger partial charge in [0, 0.05) is 18.0 Å². The van der Waals surface area contributed by atoms with E-state index in [1.54, 1.807) is 0 Å². The Hall–Kier alpha value is -2.12. The average molecular weight is 401 g/mol. The minimum Gasteiger partial charge on any atom is -0.454 e. The molecule has 140 valence electrons. The van der Waals surface area contributed by atoms with Gasteiger partial charge in [0.2, 0.25) is 10.0 Å². The number of nitrogens with one attached hydrogen (secondary N) is 1. The second-order valence-electron chi connectivity index (χ2n) is 5.52. The standard InChI is InChI=1S/C16H17ClN2O6S/c1-2-7-18-15(21)10-25-16(22)14-8-12(20)9-19(14)26(23,24)13-5-3-11(17)4-6-13/h1,3-6,12,14,20H,7-10H2,(H,18,21)/t12-,14+/m1/s1. The predicted octanol–water partition coefficient (Wildman–Crippen LogP) is -0.243. The van der Waals surface area contributed by atoms with Crippen LogP contribution in [0.2, 0.25) is 5.02 Å². The molecule has 8 nitrogen and oxygen atoms in total. The minimum absolute atomic E-state index is 0.0183. The number of sulfonamides is 1. The first kappa shape index (κ1) is 20.2. The Morgan fingerprint density at radius 3 is 2.65 bits per heavy atom. The first-order chi connectivity index (χ1) is 12.3. The third-order valence-electron chi connectivity index (χ3n) is 3.66. The van der Waals surface area contributed by atoms with Crippen molar-refractivity contribution in [2.24, 2.45) is 0 Å². The van der Waals surface area contributed by atoms with E-state index in [4.69, 9.17) is 22.8 Å². The average Bonchev–Trinajstić information content (AvgIpc) is 3.01. The number of ether oxygens (including phenoxy) is 1. The molecule has 2 N–H and O–H groups in total. The van der Waals surface area contributed by atoms with Crippen LogP contribution >= 0.6 is 11.6 Å². The minimum atomic E-state index is -4.05. The molecule has 0 spiro atoms. The van der Waals surface area contributed by atoms with Crippen molar-refractivity contribution in [3.05, 3.63) is 29.3 Å². The lowest BCUT2D eigenvalue weighted by Crippen LogP contribution is -2.42. The highest BCUT2D eigenvalue weighted by Crippen LogP contribution is 2.27. The van der Waals surface area contributed by atoms with Crippen LogP contribution in [0.1, 0.15) is 6.42 Å². The van der Waals surface area contributed by atoms with Crippen LogP contribution < -0.4 is 5.32 Å². The number of carbonyl (C=O) groups is 2. The number of halogens is 1. The molecule has 1 amide bonds. The summed E-state index contributed by atoms with van der Waals surface area (Å²) in [6.07, 6.45) is 3.85. The van der Waals surface area contributed by atoms with Gasteiger partial charge in [-0.15, -0.1) is 6.42 Å². The molecule has 1 aromatic rings. The lowest BCUT2D eigenvalue weighted by atomic mass is 10.2. The zero-order valence-electron chi connectivity index (χ0n) is 13.6. The number of rotatable bonds is 6. The Morgan fingerprint density at radius 1 is 1.38 bits per heavy atom. The predicted molar refractivity (Wildman–Crippen MR) is 92.6 cm³/mol. The maximum absolute atomic E-state index is 12.7. The summed E-state index contributed by atoms with van der Waals surface area (Å²) in [5.74, 6) is 0.663. The Morgan fingerprint density at radius 2 is 2.04 bits per heavy atom. The van der Waals surface area contributed by atoms with Gasteiger partial charge in [-0.2, -0.15) is 4.31 Å². The number of amides is 1. The number of aliphatic hydroxyl groups excluding tert-OH is 1. The summed E-state index contributed by atoms with van der Waals surface area (Å²) in [7, 11) is -4.05. The van der Waals surface area contributed by atoms with E-state index in [1.807, 2.05) is 0 Å². The van der Waals surface area contributed by atoms with Crippen LogP contribution in [0.25, 0.3) is 0 Å². The van der Waals surface area contributed by atoms with Crippen LogP contribution in [-0.2, 0) is 24.3 Å². The fourth-order valence-corrected chi connectivity index (χ4v) is 4.19. The summed E-state index contributed by atoms with van der Waals surface area (Å²) in [6.45, 7) is -0.869. The highest BCUT2D eigenvalue weighted by molar-refractivity contribution is 7.89. The van der Waals surface area contributed by atoms with Crippen molar-refractivity contribution in [1.29, 1.82) is 0 Å². The van der Waals surface area contributed by atoms with Crippen molar-refractivity contribution >= 4 is 33.5 Å². The molecule has 0 aromatic heterocycles. The summed E-state index contributed by atoms with van der Waals surface area (Å²) in [6, 6.07) is 4.19. The van der Waals surface area contributed by atoms with E-state index < -0.39 is 40.7 Å². The molecule has 0 bridgehead atoms. The fourth-order valence-electron chi connectivity index (χ4n) is 2.44. The van der Waals surface area contributed by atoms with Gasteiger partial charge in [0.25, 0.3) is 5.91 Å². The second-order valence-corrected chi connectivity index (χ2v) is 7.85. The van der Waals surface area contributed by atoms with Crippen molar-refractivity contribution in [2.75, 3.05) is 19.7 Å². The van der Waals surface area contributed by atoms with Gasteiger partial charge < -0.3 is 15.2 Å². The molecule has 1 aliphatic rings. The van der Waals surface area contributed by atoms with E-state index in [1.165, 1.54) is 24.3 Å².